The van der Waals surface area contributed by atoms with E-state index in [2.05, 4.69) is 18.0 Å². The predicted octanol–water partition coefficient (Wildman–Crippen LogP) is 1.96. The second kappa shape index (κ2) is 3.23. The minimum absolute atomic E-state index is 0.403. The van der Waals surface area contributed by atoms with Crippen LogP contribution in [0.2, 0.25) is 0 Å². The maximum atomic E-state index is 4.24. The second-order valence-corrected chi connectivity index (χ2v) is 2.04. The van der Waals surface area contributed by atoms with Crippen molar-refractivity contribution in [2.75, 3.05) is 0 Å². The van der Waals surface area contributed by atoms with E-state index in [1.165, 1.54) is 0 Å². The molecule has 1 heteroatoms. The third-order valence-electron chi connectivity index (χ3n) is 1.34. The molecule has 1 aliphatic heterocycles. The molecule has 0 saturated carbocycles. The van der Waals surface area contributed by atoms with E-state index in [-0.39, 0.29) is 0 Å². The average Bonchev–Trinajstić information content (AvgIpc) is 2.13. The summed E-state index contributed by atoms with van der Waals surface area (Å²) in [4.78, 5) is 4.24. The van der Waals surface area contributed by atoms with Gasteiger partial charge in [0.15, 0.2) is 0 Å². The van der Waals surface area contributed by atoms with Crippen LogP contribution in [0, 0.1) is 0 Å². The van der Waals surface area contributed by atoms with Crippen LogP contribution >= 0.6 is 0 Å². The molecule has 0 spiro atoms. The van der Waals surface area contributed by atoms with Gasteiger partial charge in [-0.3, -0.25) is 4.99 Å². The number of hydrogen-bond donors (Lipinski definition) is 0. The molecule has 0 N–H and O–H groups in total. The minimum Gasteiger partial charge on any atom is -0.286 e. The fraction of sp³-hybridized carbons (Fsp3) is 0.375. The first kappa shape index (κ1) is 6.27. The highest BCUT2D eigenvalue weighted by Gasteiger charge is 1.94. The molecule has 0 saturated heterocycles. The van der Waals surface area contributed by atoms with E-state index in [0.717, 1.165) is 6.42 Å². The van der Waals surface area contributed by atoms with Gasteiger partial charge in [-0.2, -0.15) is 0 Å². The molecule has 1 atom stereocenters. The first-order valence-corrected chi connectivity index (χ1v) is 3.30. The Morgan fingerprint density at radius 3 is 3.00 bits per heavy atom. The summed E-state index contributed by atoms with van der Waals surface area (Å²) in [5.41, 5.74) is 0. The van der Waals surface area contributed by atoms with Crippen molar-refractivity contribution >= 4 is 6.21 Å². The Balaban J connectivity index is 2.58. The summed E-state index contributed by atoms with van der Waals surface area (Å²) >= 11 is 0. The molecule has 0 amide bonds. The van der Waals surface area contributed by atoms with E-state index in [1.54, 1.807) is 0 Å². The molecule has 1 rings (SSSR count). The maximum absolute atomic E-state index is 4.24. The van der Waals surface area contributed by atoms with Crippen LogP contribution in [-0.4, -0.2) is 12.3 Å². The molecule has 48 valence electrons. The van der Waals surface area contributed by atoms with Crippen LogP contribution in [0.1, 0.15) is 13.3 Å². The van der Waals surface area contributed by atoms with Gasteiger partial charge in [-0.1, -0.05) is 25.2 Å². The van der Waals surface area contributed by atoms with Crippen molar-refractivity contribution in [2.45, 2.75) is 19.4 Å². The van der Waals surface area contributed by atoms with Gasteiger partial charge in [0.05, 0.1) is 6.04 Å². The highest BCUT2D eigenvalue weighted by atomic mass is 14.7. The molecule has 9 heavy (non-hydrogen) atoms. The van der Waals surface area contributed by atoms with Crippen molar-refractivity contribution in [3.63, 3.8) is 0 Å². The van der Waals surface area contributed by atoms with Crippen LogP contribution in [0.5, 0.6) is 0 Å². The zero-order valence-corrected chi connectivity index (χ0v) is 5.62. The maximum Gasteiger partial charge on any atom is 0.0680 e. The quantitative estimate of drug-likeness (QED) is 0.503. The molecular formula is C8H11N. The number of hydrogen-bond acceptors (Lipinski definition) is 1. The molecule has 0 bridgehead atoms. The predicted molar refractivity (Wildman–Crippen MR) is 40.9 cm³/mol. The summed E-state index contributed by atoms with van der Waals surface area (Å²) in [7, 11) is 0. The van der Waals surface area contributed by atoms with E-state index in [1.807, 2.05) is 24.4 Å². The lowest BCUT2D eigenvalue weighted by Crippen LogP contribution is -1.95. The number of rotatable bonds is 1. The first-order valence-electron chi connectivity index (χ1n) is 3.30. The van der Waals surface area contributed by atoms with Gasteiger partial charge in [0.1, 0.15) is 0 Å². The lowest BCUT2D eigenvalue weighted by molar-refractivity contribution is 0.790. The van der Waals surface area contributed by atoms with E-state index < -0.39 is 0 Å². The smallest absolute Gasteiger partial charge is 0.0680 e. The highest BCUT2D eigenvalue weighted by molar-refractivity contribution is 5.72. The Kier molecular flexibility index (Phi) is 2.25. The molecule has 1 aliphatic rings. The van der Waals surface area contributed by atoms with Gasteiger partial charge in [0.25, 0.3) is 0 Å². The van der Waals surface area contributed by atoms with E-state index in [0.29, 0.717) is 6.04 Å². The molecule has 1 nitrogen and oxygen atoms in total. The number of allylic oxidation sites excluding steroid dienone is 3. The van der Waals surface area contributed by atoms with Crippen molar-refractivity contribution < 1.29 is 0 Å². The third-order valence-corrected chi connectivity index (χ3v) is 1.34. The monoisotopic (exact) mass is 121 g/mol. The van der Waals surface area contributed by atoms with Crippen molar-refractivity contribution in [3.8, 4) is 0 Å². The van der Waals surface area contributed by atoms with E-state index in [9.17, 15) is 0 Å². The molecule has 0 aromatic heterocycles. The minimum atomic E-state index is 0.403. The van der Waals surface area contributed by atoms with Crippen LogP contribution in [-0.2, 0) is 0 Å². The average molecular weight is 121 g/mol. The Labute approximate surface area is 55.8 Å². The van der Waals surface area contributed by atoms with Crippen LogP contribution in [0.3, 0.4) is 0 Å². The van der Waals surface area contributed by atoms with Gasteiger partial charge < -0.3 is 0 Å². The van der Waals surface area contributed by atoms with Crippen LogP contribution in [0.4, 0.5) is 0 Å². The molecule has 0 aromatic carbocycles. The zero-order valence-electron chi connectivity index (χ0n) is 5.62. The normalized spacial score (nSPS) is 24.3. The molecule has 0 aromatic rings. The summed E-state index contributed by atoms with van der Waals surface area (Å²) in [6.07, 6.45) is 11.1. The highest BCUT2D eigenvalue weighted by Crippen LogP contribution is 2.00. The lowest BCUT2D eigenvalue weighted by atomic mass is 10.2. The van der Waals surface area contributed by atoms with Gasteiger partial charge >= 0.3 is 0 Å². The largest absolute Gasteiger partial charge is 0.286 e. The Morgan fingerprint density at radius 2 is 2.22 bits per heavy atom. The summed E-state index contributed by atoms with van der Waals surface area (Å²) in [5, 5.41) is 0. The standard InChI is InChI=1S/C8H11N/c1-2-8-6-4-3-5-7-9-8/h3-8H,2H2,1H3. The molecule has 1 unspecified atom stereocenters. The van der Waals surface area contributed by atoms with Gasteiger partial charge in [-0.05, 0) is 12.5 Å². The Hall–Kier alpha value is -0.850. The van der Waals surface area contributed by atoms with Crippen molar-refractivity contribution in [2.24, 2.45) is 4.99 Å². The topological polar surface area (TPSA) is 12.4 Å². The van der Waals surface area contributed by atoms with Gasteiger partial charge in [0, 0.05) is 6.21 Å². The van der Waals surface area contributed by atoms with Crippen LogP contribution < -0.4 is 0 Å². The van der Waals surface area contributed by atoms with Crippen LogP contribution in [0.15, 0.2) is 29.3 Å². The van der Waals surface area contributed by atoms with Crippen molar-refractivity contribution in [1.82, 2.24) is 0 Å². The molecular weight excluding hydrogens is 110 g/mol. The van der Waals surface area contributed by atoms with Gasteiger partial charge in [-0.15, -0.1) is 0 Å². The molecule has 0 radical (unpaired) electrons. The Bertz CT molecular complexity index is 138. The van der Waals surface area contributed by atoms with Crippen molar-refractivity contribution in [1.29, 1.82) is 0 Å². The second-order valence-electron chi connectivity index (χ2n) is 2.04. The third kappa shape index (κ3) is 1.84. The molecule has 0 fully saturated rings. The van der Waals surface area contributed by atoms with Crippen LogP contribution in [0.25, 0.3) is 0 Å². The zero-order chi connectivity index (χ0) is 6.53. The number of aliphatic imine (C=N–C) groups is 1. The molecule has 1 heterocycles. The first-order chi connectivity index (χ1) is 4.43. The molecule has 0 aliphatic carbocycles. The SMILES string of the molecule is CCC1C=CC=CC=N1. The Morgan fingerprint density at radius 1 is 1.33 bits per heavy atom. The van der Waals surface area contributed by atoms with Gasteiger partial charge in [-0.25, -0.2) is 0 Å². The fourth-order valence-corrected chi connectivity index (χ4v) is 0.758. The fourth-order valence-electron chi connectivity index (χ4n) is 0.758. The summed E-state index contributed by atoms with van der Waals surface area (Å²) in [6.45, 7) is 2.14. The lowest BCUT2D eigenvalue weighted by Gasteiger charge is -1.98. The summed E-state index contributed by atoms with van der Waals surface area (Å²) in [5.74, 6) is 0. The van der Waals surface area contributed by atoms with Gasteiger partial charge in [0.2, 0.25) is 0 Å². The number of nitrogens with zero attached hydrogens (tertiary/aromatic N) is 1. The van der Waals surface area contributed by atoms with E-state index in [4.69, 9.17) is 0 Å². The summed E-state index contributed by atoms with van der Waals surface area (Å²) < 4.78 is 0. The van der Waals surface area contributed by atoms with E-state index >= 15 is 0 Å². The van der Waals surface area contributed by atoms with Crippen molar-refractivity contribution in [3.05, 3.63) is 24.3 Å². The summed E-state index contributed by atoms with van der Waals surface area (Å²) in [6, 6.07) is 0.403.